The van der Waals surface area contributed by atoms with E-state index in [1.807, 2.05) is 12.1 Å². The number of benzene rings is 2. The molecule has 0 radical (unpaired) electrons. The van der Waals surface area contributed by atoms with Crippen molar-refractivity contribution >= 4 is 22.6 Å². The Kier molecular flexibility index (Phi) is 23.5. The summed E-state index contributed by atoms with van der Waals surface area (Å²) in [5.41, 5.74) is 0.815. The third kappa shape index (κ3) is 6.52. The zero-order chi connectivity index (χ0) is 14.4. The van der Waals surface area contributed by atoms with Crippen LogP contribution >= 0.6 is 0 Å². The van der Waals surface area contributed by atoms with Gasteiger partial charge >= 0.3 is 39.0 Å². The summed E-state index contributed by atoms with van der Waals surface area (Å²) in [6.45, 7) is 1.43. The number of imide groups is 1. The van der Waals surface area contributed by atoms with Crippen molar-refractivity contribution in [1.29, 1.82) is 0 Å². The Morgan fingerprint density at radius 1 is 0.750 bits per heavy atom. The molecule has 28 heavy (non-hydrogen) atoms. The quantitative estimate of drug-likeness (QED) is 0.251. The summed E-state index contributed by atoms with van der Waals surface area (Å²) in [4.78, 5) is 25.8. The minimum Gasteiger partial charge on any atom is -0.366 e. The largest absolute Gasteiger partial charge is 3.00 e. The minimum atomic E-state index is -1.77. The number of nitrogens with zero attached hydrogens (tertiary/aromatic N) is 1. The maximum atomic E-state index is 12.4. The van der Waals surface area contributed by atoms with E-state index >= 15 is 0 Å². The van der Waals surface area contributed by atoms with Crippen LogP contribution in [0.1, 0.15) is 27.6 Å². The third-order valence-corrected chi connectivity index (χ3v) is 3.64. The Morgan fingerprint density at radius 3 is 1.43 bits per heavy atom. The van der Waals surface area contributed by atoms with Crippen molar-refractivity contribution in [1.82, 2.24) is 4.90 Å². The van der Waals surface area contributed by atoms with Crippen molar-refractivity contribution in [2.45, 2.75) is 19.3 Å². The molecule has 162 valence electrons. The number of carbonyl (C=O) groups is 2. The zero-order valence-electron chi connectivity index (χ0n) is 17.4. The average molecular weight is 567 g/mol. The first-order valence-corrected chi connectivity index (χ1v) is 6.28. The predicted molar refractivity (Wildman–Crippen MR) is 111 cm³/mol. The fraction of sp³-hybridized carbons (Fsp3) is 0.143. The maximum absolute atomic E-state index is 12.4. The fourth-order valence-corrected chi connectivity index (χ4v) is 2.55. The summed E-state index contributed by atoms with van der Waals surface area (Å²) in [5, 5.41) is 20.0. The van der Waals surface area contributed by atoms with Crippen LogP contribution in [0.2, 0.25) is 0 Å². The second-order valence-corrected chi connectivity index (χ2v) is 4.84. The van der Waals surface area contributed by atoms with Gasteiger partial charge in [-0.15, -0.1) is 0 Å². The molecule has 2 N–H and O–H groups in total. The number of rotatable bonds is 2. The molecule has 1 atom stereocenters. The topological polar surface area (TPSA) is 77.8 Å². The van der Waals surface area contributed by atoms with Crippen molar-refractivity contribution in [2.75, 3.05) is 0 Å². The molecular formula is C21H31NO4Rh2. The number of hydrogen-bond acceptors (Lipinski definition) is 4. The van der Waals surface area contributed by atoms with Crippen molar-refractivity contribution in [2.24, 2.45) is 0 Å². The van der Waals surface area contributed by atoms with Crippen molar-refractivity contribution in [3.05, 3.63) is 92.1 Å². The van der Waals surface area contributed by atoms with Crippen molar-refractivity contribution in [3.8, 4) is 0 Å². The van der Waals surface area contributed by atoms with Crippen molar-refractivity contribution in [3.63, 3.8) is 0 Å². The summed E-state index contributed by atoms with van der Waals surface area (Å²) in [6.07, 6.45) is -1.77. The van der Waals surface area contributed by atoms with Gasteiger partial charge in [0.15, 0.2) is 6.29 Å². The molecule has 0 unspecified atom stereocenters. The van der Waals surface area contributed by atoms with Gasteiger partial charge in [-0.2, -0.15) is 0 Å². The Labute approximate surface area is 197 Å². The molecule has 5 nitrogen and oxygen atoms in total. The van der Waals surface area contributed by atoms with Gasteiger partial charge in [-0.25, -0.2) is 0 Å². The average Bonchev–Trinajstić information content (AvgIpc) is 2.44. The molecule has 2 amide bonds. The number of amides is 2. The van der Waals surface area contributed by atoms with Gasteiger partial charge in [0, 0.05) is 16.5 Å². The number of carbonyl (C=O) groups excluding carboxylic acids is 2. The van der Waals surface area contributed by atoms with Gasteiger partial charge in [-0.05, 0) is 24.4 Å². The first-order chi connectivity index (χ1) is 9.52. The van der Waals surface area contributed by atoms with E-state index in [4.69, 9.17) is 0 Å². The monoisotopic (exact) mass is 567 g/mol. The van der Waals surface area contributed by atoms with E-state index in [0.717, 1.165) is 10.3 Å². The molecule has 3 rings (SSSR count). The fourth-order valence-electron chi connectivity index (χ4n) is 2.55. The Hall–Kier alpha value is -0.993. The van der Waals surface area contributed by atoms with Crippen LogP contribution in [0, 0.1) is 44.6 Å². The normalized spacial score (nSPS) is 11.5. The first-order valence-electron chi connectivity index (χ1n) is 6.28. The molecule has 7 heteroatoms. The third-order valence-electron chi connectivity index (χ3n) is 3.64. The molecule has 0 spiro atoms. The molecule has 0 saturated carbocycles. The molecule has 1 aliphatic rings. The van der Waals surface area contributed by atoms with Crippen LogP contribution in [-0.4, -0.2) is 39.3 Å². The standard InChI is InChI=1S/C15H13NO4.6CH3.2Rh/c1-8(15(19)20)16-13(17)10-6-2-4-9-5-3-7-11(12(9)10)14(16)18;;;;;;;;/h2-8,15,19-20H,1H3;6*1H3;;/q;6*-1;2*+3/t8-;;;;;;;;/m0......../s1. The van der Waals surface area contributed by atoms with Crippen LogP contribution in [0.15, 0.2) is 36.4 Å². The van der Waals surface area contributed by atoms with Crippen LogP contribution in [0.25, 0.3) is 10.8 Å². The van der Waals surface area contributed by atoms with E-state index in [-0.39, 0.29) is 83.5 Å². The molecule has 0 aromatic heterocycles. The van der Waals surface area contributed by atoms with Gasteiger partial charge in [-0.3, -0.25) is 14.5 Å². The van der Waals surface area contributed by atoms with Crippen LogP contribution in [0.4, 0.5) is 0 Å². The van der Waals surface area contributed by atoms with E-state index in [2.05, 4.69) is 0 Å². The molecule has 2 aromatic carbocycles. The van der Waals surface area contributed by atoms with Gasteiger partial charge in [0.25, 0.3) is 11.8 Å². The van der Waals surface area contributed by atoms with E-state index in [9.17, 15) is 19.8 Å². The van der Waals surface area contributed by atoms with E-state index in [0.29, 0.717) is 16.5 Å². The number of aliphatic hydroxyl groups excluding tert-OH is 1. The summed E-state index contributed by atoms with van der Waals surface area (Å²) in [5.74, 6) is -1.00. The van der Waals surface area contributed by atoms with Gasteiger partial charge in [-0.1, -0.05) is 24.3 Å². The Bertz CT molecular complexity index is 685. The van der Waals surface area contributed by atoms with Gasteiger partial charge in [0.1, 0.15) is 0 Å². The summed E-state index contributed by atoms with van der Waals surface area (Å²) < 4.78 is 0. The summed E-state index contributed by atoms with van der Waals surface area (Å²) >= 11 is 0. The minimum absolute atomic E-state index is 0. The number of aliphatic hydroxyl groups is 2. The molecular weight excluding hydrogens is 536 g/mol. The second-order valence-electron chi connectivity index (χ2n) is 4.84. The van der Waals surface area contributed by atoms with Crippen molar-refractivity contribution < 1.29 is 58.8 Å². The smallest absolute Gasteiger partial charge is 0.366 e. The van der Waals surface area contributed by atoms with Crippen LogP contribution in [-0.2, 0) is 39.0 Å². The molecule has 2 aromatic rings. The van der Waals surface area contributed by atoms with E-state index < -0.39 is 24.1 Å². The Balaban J connectivity index is -0.000000151. The van der Waals surface area contributed by atoms with E-state index in [1.165, 1.54) is 6.92 Å². The molecule has 1 aliphatic heterocycles. The Morgan fingerprint density at radius 2 is 1.11 bits per heavy atom. The first kappa shape index (κ1) is 41.4. The van der Waals surface area contributed by atoms with Gasteiger partial charge in [0.05, 0.1) is 6.04 Å². The zero-order valence-corrected chi connectivity index (χ0v) is 20.7. The van der Waals surface area contributed by atoms with Gasteiger partial charge in [0.2, 0.25) is 0 Å². The van der Waals surface area contributed by atoms with Crippen LogP contribution < -0.4 is 0 Å². The van der Waals surface area contributed by atoms with Crippen LogP contribution in [0.5, 0.6) is 0 Å². The molecule has 0 aliphatic carbocycles. The summed E-state index contributed by atoms with van der Waals surface area (Å²) in [6, 6.07) is 9.44. The molecule has 0 saturated heterocycles. The van der Waals surface area contributed by atoms with Crippen LogP contribution in [0.3, 0.4) is 0 Å². The van der Waals surface area contributed by atoms with Gasteiger partial charge < -0.3 is 54.8 Å². The molecule has 1 heterocycles. The SMILES string of the molecule is C[C@@H](C(O)O)N1C(=O)c2cccc3cccc(c23)C1=O.[CH3-].[CH3-].[CH3-].[CH3-].[CH3-].[CH3-].[Rh+3].[Rh+3]. The molecule has 0 bridgehead atoms. The summed E-state index contributed by atoms with van der Waals surface area (Å²) in [7, 11) is 0. The maximum Gasteiger partial charge on any atom is 3.00 e. The second kappa shape index (κ2) is 15.9. The van der Waals surface area contributed by atoms with E-state index in [1.54, 1.807) is 24.3 Å². The number of hydrogen-bond donors (Lipinski definition) is 2. The predicted octanol–water partition coefficient (Wildman–Crippen LogP) is 3.83. The molecule has 0 fully saturated rings.